The molecule has 0 aliphatic carbocycles. The van der Waals surface area contributed by atoms with Gasteiger partial charge in [0.25, 0.3) is 0 Å². The summed E-state index contributed by atoms with van der Waals surface area (Å²) in [4.78, 5) is 12.9. The zero-order chi connectivity index (χ0) is 10.4. The maximum Gasteiger partial charge on any atom is 0.409 e. The number of carbonyl (C=O) groups excluding carboxylic acids is 1. The fourth-order valence-corrected chi connectivity index (χ4v) is 1.63. The van der Waals surface area contributed by atoms with Gasteiger partial charge in [-0.1, -0.05) is 0 Å². The van der Waals surface area contributed by atoms with Gasteiger partial charge in [-0.25, -0.2) is 4.79 Å². The van der Waals surface area contributed by atoms with Gasteiger partial charge in [0, 0.05) is 19.1 Å². The van der Waals surface area contributed by atoms with Crippen LogP contribution in [0.2, 0.25) is 0 Å². The molecule has 0 aromatic rings. The van der Waals surface area contributed by atoms with Crippen molar-refractivity contribution in [1.29, 1.82) is 0 Å². The van der Waals surface area contributed by atoms with Crippen molar-refractivity contribution in [3.05, 3.63) is 0 Å². The molecule has 5 heteroatoms. The summed E-state index contributed by atoms with van der Waals surface area (Å²) in [5.41, 5.74) is 5.39. The van der Waals surface area contributed by atoms with Crippen molar-refractivity contribution in [2.24, 2.45) is 5.73 Å². The second-order valence-electron chi connectivity index (χ2n) is 3.50. The monoisotopic (exact) mass is 201 g/mol. The molecule has 1 fully saturated rings. The van der Waals surface area contributed by atoms with Crippen molar-refractivity contribution in [3.8, 4) is 0 Å². The number of nitrogens with two attached hydrogens (primary N) is 1. The molecule has 1 atom stereocenters. The summed E-state index contributed by atoms with van der Waals surface area (Å²) in [6.07, 6.45) is 1.75. The maximum absolute atomic E-state index is 11.1. The fraction of sp³-hybridized carbons (Fsp3) is 0.889. The number of rotatable bonds is 4. The summed E-state index contributed by atoms with van der Waals surface area (Å²) in [7, 11) is 1.41. The van der Waals surface area contributed by atoms with Gasteiger partial charge in [0.05, 0.1) is 7.11 Å². The molecule has 3 N–H and O–H groups in total. The second-order valence-corrected chi connectivity index (χ2v) is 3.50. The van der Waals surface area contributed by atoms with Crippen LogP contribution in [0.25, 0.3) is 0 Å². The van der Waals surface area contributed by atoms with E-state index in [0.717, 1.165) is 32.5 Å². The number of nitrogens with zero attached hydrogens (tertiary/aromatic N) is 1. The molecular weight excluding hydrogens is 182 g/mol. The lowest BCUT2D eigenvalue weighted by Crippen LogP contribution is -2.35. The van der Waals surface area contributed by atoms with E-state index in [1.807, 2.05) is 0 Å². The summed E-state index contributed by atoms with van der Waals surface area (Å²) < 4.78 is 4.65. The lowest BCUT2D eigenvalue weighted by Gasteiger charge is -2.15. The number of hydrogen-bond acceptors (Lipinski definition) is 4. The molecule has 14 heavy (non-hydrogen) atoms. The highest BCUT2D eigenvalue weighted by Gasteiger charge is 2.25. The molecule has 1 saturated heterocycles. The minimum absolute atomic E-state index is 0.229. The van der Waals surface area contributed by atoms with Crippen LogP contribution in [-0.2, 0) is 4.74 Å². The van der Waals surface area contributed by atoms with E-state index >= 15 is 0 Å². The molecule has 1 unspecified atom stereocenters. The average molecular weight is 201 g/mol. The third-order valence-corrected chi connectivity index (χ3v) is 2.43. The van der Waals surface area contributed by atoms with Crippen molar-refractivity contribution in [2.75, 3.05) is 33.3 Å². The molecule has 1 aliphatic rings. The Hall–Kier alpha value is -0.810. The number of amides is 1. The summed E-state index contributed by atoms with van der Waals surface area (Å²) in [5.74, 6) is 0. The lowest BCUT2D eigenvalue weighted by atomic mass is 10.2. The highest BCUT2D eigenvalue weighted by molar-refractivity contribution is 5.67. The first-order valence-electron chi connectivity index (χ1n) is 5.04. The van der Waals surface area contributed by atoms with Gasteiger partial charge in [-0.3, -0.25) is 0 Å². The number of hydrogen-bond donors (Lipinski definition) is 2. The van der Waals surface area contributed by atoms with Crippen LogP contribution in [-0.4, -0.2) is 50.3 Å². The molecule has 0 saturated carbocycles. The number of methoxy groups -OCH3 is 1. The first-order valence-corrected chi connectivity index (χ1v) is 5.04. The summed E-state index contributed by atoms with van der Waals surface area (Å²) in [6, 6.07) is 0.403. The molecule has 0 radical (unpaired) electrons. The smallest absolute Gasteiger partial charge is 0.409 e. The Balaban J connectivity index is 2.17. The van der Waals surface area contributed by atoms with E-state index in [1.54, 1.807) is 4.90 Å². The highest BCUT2D eigenvalue weighted by atomic mass is 16.5. The minimum Gasteiger partial charge on any atom is -0.453 e. The SMILES string of the molecule is COC(=O)N1CCC(NCCCN)C1. The van der Waals surface area contributed by atoms with Gasteiger partial charge < -0.3 is 20.7 Å². The standard InChI is InChI=1S/C9H19N3O2/c1-14-9(13)12-6-3-8(7-12)11-5-2-4-10/h8,11H,2-7,10H2,1H3. The number of likely N-dealkylation sites (tertiary alicyclic amines) is 1. The van der Waals surface area contributed by atoms with Crippen LogP contribution < -0.4 is 11.1 Å². The average Bonchev–Trinajstić information content (AvgIpc) is 2.66. The van der Waals surface area contributed by atoms with Gasteiger partial charge in [-0.2, -0.15) is 0 Å². The molecule has 5 nitrogen and oxygen atoms in total. The Morgan fingerprint density at radius 2 is 2.50 bits per heavy atom. The maximum atomic E-state index is 11.1. The van der Waals surface area contributed by atoms with Crippen molar-refractivity contribution >= 4 is 6.09 Å². The van der Waals surface area contributed by atoms with Gasteiger partial charge in [0.1, 0.15) is 0 Å². The number of carbonyl (C=O) groups is 1. The molecule has 1 amide bonds. The second kappa shape index (κ2) is 5.82. The Labute approximate surface area is 84.6 Å². The molecule has 0 bridgehead atoms. The minimum atomic E-state index is -0.229. The van der Waals surface area contributed by atoms with E-state index < -0.39 is 0 Å². The Bertz CT molecular complexity index is 187. The van der Waals surface area contributed by atoms with E-state index in [2.05, 4.69) is 10.1 Å². The first kappa shape index (κ1) is 11.3. The molecule has 1 heterocycles. The third kappa shape index (κ3) is 3.16. The van der Waals surface area contributed by atoms with Crippen LogP contribution in [0.15, 0.2) is 0 Å². The zero-order valence-electron chi connectivity index (χ0n) is 8.66. The molecule has 0 aromatic heterocycles. The lowest BCUT2D eigenvalue weighted by molar-refractivity contribution is 0.132. The highest BCUT2D eigenvalue weighted by Crippen LogP contribution is 2.09. The summed E-state index contributed by atoms with van der Waals surface area (Å²) in [6.45, 7) is 3.17. The summed E-state index contributed by atoms with van der Waals surface area (Å²) >= 11 is 0. The van der Waals surface area contributed by atoms with Crippen molar-refractivity contribution < 1.29 is 9.53 Å². The van der Waals surface area contributed by atoms with Crippen LogP contribution >= 0.6 is 0 Å². The Morgan fingerprint density at radius 3 is 3.14 bits per heavy atom. The van der Waals surface area contributed by atoms with E-state index in [-0.39, 0.29) is 6.09 Å². The van der Waals surface area contributed by atoms with Crippen molar-refractivity contribution in [2.45, 2.75) is 18.9 Å². The fourth-order valence-electron chi connectivity index (χ4n) is 1.63. The van der Waals surface area contributed by atoms with Crippen LogP contribution in [0.5, 0.6) is 0 Å². The van der Waals surface area contributed by atoms with E-state index in [4.69, 9.17) is 5.73 Å². The predicted octanol–water partition coefficient (Wildman–Crippen LogP) is -0.234. The molecular formula is C9H19N3O2. The van der Waals surface area contributed by atoms with Crippen molar-refractivity contribution in [3.63, 3.8) is 0 Å². The van der Waals surface area contributed by atoms with E-state index in [9.17, 15) is 4.79 Å². The quantitative estimate of drug-likeness (QED) is 0.616. The molecule has 1 rings (SSSR count). The Kier molecular flexibility index (Phi) is 4.69. The predicted molar refractivity (Wildman–Crippen MR) is 54.1 cm³/mol. The zero-order valence-corrected chi connectivity index (χ0v) is 8.66. The topological polar surface area (TPSA) is 67.6 Å². The normalized spacial score (nSPS) is 21.3. The third-order valence-electron chi connectivity index (χ3n) is 2.43. The van der Waals surface area contributed by atoms with Crippen LogP contribution in [0, 0.1) is 0 Å². The van der Waals surface area contributed by atoms with Gasteiger partial charge in [-0.05, 0) is 25.9 Å². The number of ether oxygens (including phenoxy) is 1. The van der Waals surface area contributed by atoms with Crippen LogP contribution in [0.1, 0.15) is 12.8 Å². The summed E-state index contributed by atoms with van der Waals surface area (Å²) in [5, 5.41) is 3.36. The molecule has 82 valence electrons. The van der Waals surface area contributed by atoms with Crippen molar-refractivity contribution in [1.82, 2.24) is 10.2 Å². The van der Waals surface area contributed by atoms with Gasteiger partial charge >= 0.3 is 6.09 Å². The van der Waals surface area contributed by atoms with E-state index in [1.165, 1.54) is 7.11 Å². The van der Waals surface area contributed by atoms with Gasteiger partial charge in [0.2, 0.25) is 0 Å². The first-order chi connectivity index (χ1) is 6.77. The molecule has 1 aliphatic heterocycles. The molecule has 0 spiro atoms. The molecule has 0 aromatic carbocycles. The largest absolute Gasteiger partial charge is 0.453 e. The van der Waals surface area contributed by atoms with E-state index in [0.29, 0.717) is 12.6 Å². The van der Waals surface area contributed by atoms with Gasteiger partial charge in [0.15, 0.2) is 0 Å². The number of nitrogens with one attached hydrogen (secondary N) is 1. The van der Waals surface area contributed by atoms with Gasteiger partial charge in [-0.15, -0.1) is 0 Å². The Morgan fingerprint density at radius 1 is 1.71 bits per heavy atom. The van der Waals surface area contributed by atoms with Crippen LogP contribution in [0.3, 0.4) is 0 Å². The van der Waals surface area contributed by atoms with Crippen LogP contribution in [0.4, 0.5) is 4.79 Å².